The fourth-order valence-corrected chi connectivity index (χ4v) is 4.80. The summed E-state index contributed by atoms with van der Waals surface area (Å²) in [4.78, 5) is 31.2. The third-order valence-corrected chi connectivity index (χ3v) is 6.77. The Bertz CT molecular complexity index is 1260. The van der Waals surface area contributed by atoms with Crippen molar-refractivity contribution >= 4 is 16.9 Å². The first-order valence-corrected chi connectivity index (χ1v) is 11.4. The highest BCUT2D eigenvalue weighted by Crippen LogP contribution is 2.38. The topological polar surface area (TPSA) is 83.2 Å². The molecule has 1 atom stereocenters. The quantitative estimate of drug-likeness (QED) is 0.644. The highest BCUT2D eigenvalue weighted by Gasteiger charge is 2.42. The van der Waals surface area contributed by atoms with Gasteiger partial charge < -0.3 is 19.2 Å². The molecule has 33 heavy (non-hydrogen) atoms. The first-order valence-electron chi connectivity index (χ1n) is 11.4. The Morgan fingerprint density at radius 3 is 2.42 bits per heavy atom. The second kappa shape index (κ2) is 8.65. The van der Waals surface area contributed by atoms with Crippen molar-refractivity contribution in [3.05, 3.63) is 74.6 Å². The van der Waals surface area contributed by atoms with Crippen molar-refractivity contribution < 1.29 is 19.1 Å². The van der Waals surface area contributed by atoms with Gasteiger partial charge in [0.05, 0.1) is 30.2 Å². The lowest BCUT2D eigenvalue weighted by Gasteiger charge is -2.29. The third-order valence-electron chi connectivity index (χ3n) is 6.77. The number of phenols is 1. The van der Waals surface area contributed by atoms with E-state index >= 15 is 0 Å². The monoisotopic (exact) mass is 448 g/mol. The Balaban J connectivity index is 1.55. The van der Waals surface area contributed by atoms with Gasteiger partial charge in [-0.05, 0) is 61.2 Å². The Hall–Kier alpha value is -3.16. The molecule has 1 saturated heterocycles. The largest absolute Gasteiger partial charge is 0.508 e. The third kappa shape index (κ3) is 3.92. The highest BCUT2D eigenvalue weighted by molar-refractivity contribution is 5.99. The number of benzene rings is 2. The zero-order valence-electron chi connectivity index (χ0n) is 19.0. The fraction of sp³-hybridized carbons (Fsp3) is 0.385. The smallest absolute Gasteiger partial charge is 0.290 e. The van der Waals surface area contributed by atoms with Gasteiger partial charge in [-0.3, -0.25) is 14.5 Å². The lowest BCUT2D eigenvalue weighted by Crippen LogP contribution is -2.38. The maximum Gasteiger partial charge on any atom is 0.290 e. The number of ether oxygens (including phenoxy) is 1. The van der Waals surface area contributed by atoms with E-state index in [-0.39, 0.29) is 22.8 Å². The number of morpholine rings is 1. The summed E-state index contributed by atoms with van der Waals surface area (Å²) in [5.74, 6) is 0.00120. The van der Waals surface area contributed by atoms with Gasteiger partial charge >= 0.3 is 0 Å². The number of carbonyl (C=O) groups excluding carboxylic acids is 1. The first-order chi connectivity index (χ1) is 15.9. The Kier molecular flexibility index (Phi) is 5.68. The molecule has 0 radical (unpaired) electrons. The second-order valence-corrected chi connectivity index (χ2v) is 8.91. The predicted molar refractivity (Wildman–Crippen MR) is 125 cm³/mol. The van der Waals surface area contributed by atoms with Gasteiger partial charge in [-0.15, -0.1) is 0 Å². The van der Waals surface area contributed by atoms with Crippen LogP contribution in [-0.4, -0.2) is 60.2 Å². The average molecular weight is 449 g/mol. The van der Waals surface area contributed by atoms with Crippen LogP contribution in [0.15, 0.2) is 45.6 Å². The Morgan fingerprint density at radius 1 is 1.00 bits per heavy atom. The van der Waals surface area contributed by atoms with Gasteiger partial charge in [0.15, 0.2) is 5.43 Å². The summed E-state index contributed by atoms with van der Waals surface area (Å²) in [5, 5.41) is 10.3. The molecule has 2 aliphatic heterocycles. The summed E-state index contributed by atoms with van der Waals surface area (Å²) in [6, 6.07) is 9.83. The van der Waals surface area contributed by atoms with Crippen LogP contribution in [0.25, 0.3) is 11.0 Å². The van der Waals surface area contributed by atoms with Crippen molar-refractivity contribution in [3.8, 4) is 5.75 Å². The summed E-state index contributed by atoms with van der Waals surface area (Å²) in [5.41, 5.74) is 3.44. The molecule has 172 valence electrons. The van der Waals surface area contributed by atoms with E-state index in [9.17, 15) is 14.7 Å². The van der Waals surface area contributed by atoms with Crippen molar-refractivity contribution in [1.29, 1.82) is 0 Å². The maximum absolute atomic E-state index is 13.6. The van der Waals surface area contributed by atoms with Crippen molar-refractivity contribution in [2.75, 3.05) is 39.4 Å². The molecular formula is C26H28N2O5. The van der Waals surface area contributed by atoms with Crippen LogP contribution in [0.1, 0.15) is 45.3 Å². The molecule has 0 spiro atoms. The van der Waals surface area contributed by atoms with Crippen molar-refractivity contribution in [1.82, 2.24) is 9.80 Å². The Morgan fingerprint density at radius 2 is 1.70 bits per heavy atom. The van der Waals surface area contributed by atoms with E-state index in [4.69, 9.17) is 9.15 Å². The molecule has 3 heterocycles. The standard InChI is InChI=1S/C26H28N2O5/c1-16-14-20-21(15-17(16)2)33-25-22(24(20)30)23(18-4-6-19(29)7-5-18)28(26(25)31)9-3-8-27-10-12-32-13-11-27/h4-7,14-15,23,29H,3,8-13H2,1-2H3/t23-/m0/s1. The van der Waals surface area contributed by atoms with E-state index < -0.39 is 6.04 Å². The van der Waals surface area contributed by atoms with E-state index in [2.05, 4.69) is 4.90 Å². The molecule has 1 aromatic heterocycles. The van der Waals surface area contributed by atoms with Gasteiger partial charge in [-0.1, -0.05) is 12.1 Å². The number of nitrogens with zero attached hydrogens (tertiary/aromatic N) is 2. The number of fused-ring (bicyclic) bond motifs is 2. The van der Waals surface area contributed by atoms with E-state index in [1.165, 1.54) is 0 Å². The number of hydrogen-bond donors (Lipinski definition) is 1. The summed E-state index contributed by atoms with van der Waals surface area (Å²) in [7, 11) is 0. The molecule has 1 fully saturated rings. The molecule has 2 aliphatic rings. The van der Waals surface area contributed by atoms with Gasteiger partial charge in [0.25, 0.3) is 5.91 Å². The van der Waals surface area contributed by atoms with Gasteiger partial charge in [-0.2, -0.15) is 0 Å². The van der Waals surface area contributed by atoms with Crippen LogP contribution >= 0.6 is 0 Å². The first kappa shape index (κ1) is 21.7. The average Bonchev–Trinajstić information content (AvgIpc) is 3.09. The molecule has 7 nitrogen and oxygen atoms in total. The Labute approximate surface area is 192 Å². The number of carbonyl (C=O) groups is 1. The van der Waals surface area contributed by atoms with Crippen LogP contribution in [0.2, 0.25) is 0 Å². The van der Waals surface area contributed by atoms with Gasteiger partial charge in [0, 0.05) is 26.2 Å². The van der Waals surface area contributed by atoms with E-state index in [0.29, 0.717) is 23.1 Å². The molecule has 1 amide bonds. The molecule has 3 aromatic rings. The molecule has 0 bridgehead atoms. The lowest BCUT2D eigenvalue weighted by atomic mass is 9.97. The minimum atomic E-state index is -0.542. The molecule has 0 saturated carbocycles. The van der Waals surface area contributed by atoms with Crippen molar-refractivity contribution in [3.63, 3.8) is 0 Å². The highest BCUT2D eigenvalue weighted by atomic mass is 16.5. The zero-order valence-corrected chi connectivity index (χ0v) is 19.0. The van der Waals surface area contributed by atoms with Gasteiger partial charge in [-0.25, -0.2) is 0 Å². The van der Waals surface area contributed by atoms with E-state index in [1.54, 1.807) is 29.2 Å². The van der Waals surface area contributed by atoms with Crippen molar-refractivity contribution in [2.24, 2.45) is 0 Å². The number of hydrogen-bond acceptors (Lipinski definition) is 6. The second-order valence-electron chi connectivity index (χ2n) is 8.91. The predicted octanol–water partition coefficient (Wildman–Crippen LogP) is 3.38. The number of phenolic OH excluding ortho intramolecular Hbond substituents is 1. The van der Waals surface area contributed by atoms with Crippen molar-refractivity contribution in [2.45, 2.75) is 26.3 Å². The minimum absolute atomic E-state index is 0.125. The molecule has 0 unspecified atom stereocenters. The van der Waals surface area contributed by atoms with Crippen LogP contribution in [0.4, 0.5) is 0 Å². The summed E-state index contributed by atoms with van der Waals surface area (Å²) < 4.78 is 11.5. The number of rotatable bonds is 5. The van der Waals surface area contributed by atoms with Crippen LogP contribution in [-0.2, 0) is 4.74 Å². The SMILES string of the molecule is Cc1cc2oc3c(c(=O)c2cc1C)[C@H](c1ccc(O)cc1)N(CCCN1CCOCC1)C3=O. The molecule has 0 aliphatic carbocycles. The number of amides is 1. The lowest BCUT2D eigenvalue weighted by molar-refractivity contribution is 0.0353. The molecule has 7 heteroatoms. The van der Waals surface area contributed by atoms with Gasteiger partial charge in [0.1, 0.15) is 11.3 Å². The number of aryl methyl sites for hydroxylation is 2. The minimum Gasteiger partial charge on any atom is -0.508 e. The summed E-state index contributed by atoms with van der Waals surface area (Å²) >= 11 is 0. The van der Waals surface area contributed by atoms with Crippen LogP contribution in [0, 0.1) is 13.8 Å². The normalized spacial score (nSPS) is 18.8. The molecule has 1 N–H and O–H groups in total. The summed E-state index contributed by atoms with van der Waals surface area (Å²) in [6.45, 7) is 8.51. The van der Waals surface area contributed by atoms with Crippen LogP contribution in [0.5, 0.6) is 5.75 Å². The van der Waals surface area contributed by atoms with Crippen LogP contribution in [0.3, 0.4) is 0 Å². The molecule has 5 rings (SSSR count). The maximum atomic E-state index is 13.6. The van der Waals surface area contributed by atoms with E-state index in [0.717, 1.165) is 56.0 Å². The molecule has 2 aromatic carbocycles. The van der Waals surface area contributed by atoms with Gasteiger partial charge in [0.2, 0.25) is 5.76 Å². The molecular weight excluding hydrogens is 420 g/mol. The summed E-state index contributed by atoms with van der Waals surface area (Å²) in [6.07, 6.45) is 0.778. The van der Waals surface area contributed by atoms with E-state index in [1.807, 2.05) is 26.0 Å². The zero-order chi connectivity index (χ0) is 23.1. The number of aromatic hydroxyl groups is 1. The fourth-order valence-electron chi connectivity index (χ4n) is 4.80. The van der Waals surface area contributed by atoms with Crippen LogP contribution < -0.4 is 5.43 Å².